The van der Waals surface area contributed by atoms with E-state index in [0.717, 1.165) is 36.8 Å². The average molecular weight is 282 g/mol. The Morgan fingerprint density at radius 2 is 2.21 bits per heavy atom. The van der Waals surface area contributed by atoms with Gasteiger partial charge in [-0.2, -0.15) is 0 Å². The van der Waals surface area contributed by atoms with E-state index in [2.05, 4.69) is 26.6 Å². The largest absolute Gasteiger partial charge is 0.375 e. The third kappa shape index (κ3) is 2.56. The molecule has 1 saturated heterocycles. The van der Waals surface area contributed by atoms with Crippen LogP contribution in [-0.2, 0) is 4.74 Å². The van der Waals surface area contributed by atoms with E-state index >= 15 is 0 Å². The second kappa shape index (κ2) is 5.63. The lowest BCUT2D eigenvalue weighted by atomic mass is 10.2. The predicted octanol–water partition coefficient (Wildman–Crippen LogP) is 2.67. The van der Waals surface area contributed by atoms with E-state index in [1.807, 2.05) is 0 Å². The highest BCUT2D eigenvalue weighted by Gasteiger charge is 2.27. The van der Waals surface area contributed by atoms with Gasteiger partial charge >= 0.3 is 0 Å². The third-order valence-electron chi connectivity index (χ3n) is 4.25. The normalized spacial score (nSPS) is 25.1. The van der Waals surface area contributed by atoms with Crippen molar-refractivity contribution >= 4 is 18.2 Å². The van der Waals surface area contributed by atoms with E-state index in [9.17, 15) is 0 Å². The molecule has 0 aromatic carbocycles. The van der Waals surface area contributed by atoms with Crippen molar-refractivity contribution in [3.63, 3.8) is 0 Å². The summed E-state index contributed by atoms with van der Waals surface area (Å²) in [4.78, 5) is 2.32. The molecule has 1 N–H and O–H groups in total. The molecule has 2 fully saturated rings. The Balaban J connectivity index is 1.85. The lowest BCUT2D eigenvalue weighted by Crippen LogP contribution is -2.43. The Hall–Kier alpha value is -0.880. The van der Waals surface area contributed by atoms with Crippen LogP contribution in [0, 0.1) is 4.77 Å². The summed E-state index contributed by atoms with van der Waals surface area (Å²) in [5.74, 6) is 1.01. The van der Waals surface area contributed by atoms with Crippen molar-refractivity contribution in [2.75, 3.05) is 24.6 Å². The minimum atomic E-state index is 0.316. The van der Waals surface area contributed by atoms with Crippen molar-refractivity contribution < 1.29 is 4.74 Å². The number of nitrogens with zero attached hydrogens (tertiary/aromatic N) is 3. The van der Waals surface area contributed by atoms with Gasteiger partial charge in [-0.25, -0.2) is 5.10 Å². The number of aromatic nitrogens is 3. The number of morpholine rings is 1. The van der Waals surface area contributed by atoms with Crippen molar-refractivity contribution in [2.24, 2.45) is 0 Å². The van der Waals surface area contributed by atoms with Crippen LogP contribution in [0.25, 0.3) is 0 Å². The smallest absolute Gasteiger partial charge is 0.226 e. The van der Waals surface area contributed by atoms with E-state index in [0.29, 0.717) is 12.1 Å². The number of anilines is 1. The molecule has 1 atom stereocenters. The van der Waals surface area contributed by atoms with Crippen molar-refractivity contribution in [1.29, 1.82) is 0 Å². The Bertz CT molecular complexity index is 477. The molecule has 2 aliphatic rings. The molecule has 0 spiro atoms. The number of ether oxygens (including phenoxy) is 1. The van der Waals surface area contributed by atoms with Gasteiger partial charge in [-0.3, -0.25) is 4.57 Å². The van der Waals surface area contributed by atoms with Gasteiger partial charge in [0, 0.05) is 19.1 Å². The first kappa shape index (κ1) is 13.1. The molecule has 0 radical (unpaired) electrons. The SMILES string of the molecule is CCC1CN(c2n[nH]c(=S)n2C2CCCC2)CCO1. The van der Waals surface area contributed by atoms with Gasteiger partial charge in [0.15, 0.2) is 4.77 Å². The van der Waals surface area contributed by atoms with Gasteiger partial charge in [-0.1, -0.05) is 19.8 Å². The molecule has 106 valence electrons. The Labute approximate surface area is 118 Å². The Morgan fingerprint density at radius 1 is 1.42 bits per heavy atom. The molecule has 1 aliphatic carbocycles. The van der Waals surface area contributed by atoms with Crippen LogP contribution in [0.1, 0.15) is 45.1 Å². The Kier molecular flexibility index (Phi) is 3.88. The van der Waals surface area contributed by atoms with Crippen LogP contribution < -0.4 is 4.90 Å². The molecule has 0 bridgehead atoms. The molecule has 1 unspecified atom stereocenters. The van der Waals surface area contributed by atoms with E-state index in [4.69, 9.17) is 17.0 Å². The van der Waals surface area contributed by atoms with Crippen molar-refractivity contribution in [2.45, 2.75) is 51.2 Å². The number of rotatable bonds is 3. The fraction of sp³-hybridized carbons (Fsp3) is 0.846. The summed E-state index contributed by atoms with van der Waals surface area (Å²) in [6.07, 6.45) is 6.42. The number of aromatic amines is 1. The summed E-state index contributed by atoms with van der Waals surface area (Å²) in [5, 5.41) is 7.45. The van der Waals surface area contributed by atoms with Crippen LogP contribution in [0.3, 0.4) is 0 Å². The maximum absolute atomic E-state index is 5.74. The highest BCUT2D eigenvalue weighted by Crippen LogP contribution is 2.33. The van der Waals surface area contributed by atoms with Gasteiger partial charge in [-0.15, -0.1) is 5.10 Å². The molecular weight excluding hydrogens is 260 g/mol. The van der Waals surface area contributed by atoms with Crippen molar-refractivity contribution in [1.82, 2.24) is 14.8 Å². The molecule has 1 aliphatic heterocycles. The monoisotopic (exact) mass is 282 g/mol. The van der Waals surface area contributed by atoms with Crippen LogP contribution in [-0.4, -0.2) is 40.6 Å². The molecule has 19 heavy (non-hydrogen) atoms. The minimum absolute atomic E-state index is 0.316. The maximum atomic E-state index is 5.74. The summed E-state index contributed by atoms with van der Waals surface area (Å²) >= 11 is 5.42. The third-order valence-corrected chi connectivity index (χ3v) is 4.54. The second-order valence-electron chi connectivity index (χ2n) is 5.48. The van der Waals surface area contributed by atoms with Crippen LogP contribution in [0.4, 0.5) is 5.95 Å². The number of hydrogen-bond donors (Lipinski definition) is 1. The number of H-pyrrole nitrogens is 1. The van der Waals surface area contributed by atoms with Crippen molar-refractivity contribution in [3.8, 4) is 0 Å². The molecule has 0 amide bonds. The minimum Gasteiger partial charge on any atom is -0.375 e. The first-order valence-corrected chi connectivity index (χ1v) is 7.74. The van der Waals surface area contributed by atoms with Crippen LogP contribution in [0.5, 0.6) is 0 Å². The topological polar surface area (TPSA) is 46.1 Å². The Morgan fingerprint density at radius 3 is 2.95 bits per heavy atom. The number of nitrogens with one attached hydrogen (secondary N) is 1. The van der Waals surface area contributed by atoms with E-state index in [1.54, 1.807) is 0 Å². The molecule has 3 rings (SSSR count). The zero-order chi connectivity index (χ0) is 13.2. The van der Waals surface area contributed by atoms with Gasteiger partial charge in [0.1, 0.15) is 0 Å². The lowest BCUT2D eigenvalue weighted by Gasteiger charge is -2.33. The van der Waals surface area contributed by atoms with Crippen LogP contribution >= 0.6 is 12.2 Å². The standard InChI is InChI=1S/C13H22N4OS/c1-2-11-9-16(7-8-18-11)12-14-15-13(19)17(12)10-5-3-4-6-10/h10-11H,2-9H2,1H3,(H,15,19). The van der Waals surface area contributed by atoms with Crippen LogP contribution in [0.2, 0.25) is 0 Å². The van der Waals surface area contributed by atoms with Gasteiger partial charge in [0.25, 0.3) is 0 Å². The lowest BCUT2D eigenvalue weighted by molar-refractivity contribution is 0.0375. The van der Waals surface area contributed by atoms with Crippen molar-refractivity contribution in [3.05, 3.63) is 4.77 Å². The summed E-state index contributed by atoms with van der Waals surface area (Å²) in [6, 6.07) is 0.532. The second-order valence-corrected chi connectivity index (χ2v) is 5.87. The predicted molar refractivity (Wildman–Crippen MR) is 77.2 cm³/mol. The molecule has 5 nitrogen and oxygen atoms in total. The maximum Gasteiger partial charge on any atom is 0.226 e. The fourth-order valence-corrected chi connectivity index (χ4v) is 3.44. The van der Waals surface area contributed by atoms with Gasteiger partial charge in [0.05, 0.1) is 12.7 Å². The average Bonchev–Trinajstić information content (AvgIpc) is 3.07. The van der Waals surface area contributed by atoms with E-state index < -0.39 is 0 Å². The molecule has 1 aromatic rings. The van der Waals surface area contributed by atoms with Gasteiger partial charge in [0.2, 0.25) is 5.95 Å². The van der Waals surface area contributed by atoms with Crippen LogP contribution in [0.15, 0.2) is 0 Å². The first-order chi connectivity index (χ1) is 9.29. The van der Waals surface area contributed by atoms with Gasteiger partial charge < -0.3 is 9.64 Å². The highest BCUT2D eigenvalue weighted by atomic mass is 32.1. The fourth-order valence-electron chi connectivity index (χ4n) is 3.16. The zero-order valence-electron chi connectivity index (χ0n) is 11.5. The van der Waals surface area contributed by atoms with Gasteiger partial charge in [-0.05, 0) is 31.5 Å². The summed E-state index contributed by atoms with van der Waals surface area (Å²) in [7, 11) is 0. The summed E-state index contributed by atoms with van der Waals surface area (Å²) < 4.78 is 8.74. The molecule has 1 aromatic heterocycles. The summed E-state index contributed by atoms with van der Waals surface area (Å²) in [6.45, 7) is 4.77. The molecule has 1 saturated carbocycles. The van der Waals surface area contributed by atoms with E-state index in [-0.39, 0.29) is 0 Å². The number of hydrogen-bond acceptors (Lipinski definition) is 4. The highest BCUT2D eigenvalue weighted by molar-refractivity contribution is 7.71. The zero-order valence-corrected chi connectivity index (χ0v) is 12.3. The molecular formula is C13H22N4OS. The summed E-state index contributed by atoms with van der Waals surface area (Å²) in [5.41, 5.74) is 0. The van der Waals surface area contributed by atoms with E-state index in [1.165, 1.54) is 25.7 Å². The first-order valence-electron chi connectivity index (χ1n) is 7.33. The molecule has 6 heteroatoms. The quantitative estimate of drug-likeness (QED) is 0.866. The molecule has 2 heterocycles.